The monoisotopic (exact) mass is 252 g/mol. The second-order valence-electron chi connectivity index (χ2n) is 4.60. The molecule has 0 spiro atoms. The zero-order valence-corrected chi connectivity index (χ0v) is 10.7. The predicted molar refractivity (Wildman–Crippen MR) is 70.3 cm³/mol. The third-order valence-corrected chi connectivity index (χ3v) is 3.36. The zero-order valence-electron chi connectivity index (χ0n) is 9.95. The molecule has 0 saturated carbocycles. The molecular formula is C13H17ClN2O. The lowest BCUT2D eigenvalue weighted by Gasteiger charge is -2.28. The van der Waals surface area contributed by atoms with Gasteiger partial charge in [0.1, 0.15) is 0 Å². The number of hydrogen-bond donors (Lipinski definition) is 1. The van der Waals surface area contributed by atoms with Crippen molar-refractivity contribution in [1.29, 1.82) is 0 Å². The molecule has 0 aromatic heterocycles. The molecule has 0 unspecified atom stereocenters. The Kier molecular flexibility index (Phi) is 4.02. The van der Waals surface area contributed by atoms with Gasteiger partial charge < -0.3 is 10.2 Å². The quantitative estimate of drug-likeness (QED) is 0.878. The van der Waals surface area contributed by atoms with Crippen molar-refractivity contribution in [2.24, 2.45) is 5.92 Å². The molecule has 17 heavy (non-hydrogen) atoms. The van der Waals surface area contributed by atoms with Gasteiger partial charge in [-0.2, -0.15) is 0 Å². The molecule has 3 nitrogen and oxygen atoms in total. The van der Waals surface area contributed by atoms with Crippen molar-refractivity contribution in [3.05, 3.63) is 29.3 Å². The molecule has 1 saturated heterocycles. The smallest absolute Gasteiger partial charge is 0.228 e. The summed E-state index contributed by atoms with van der Waals surface area (Å²) in [7, 11) is 2.06. The summed E-state index contributed by atoms with van der Waals surface area (Å²) in [6.07, 6.45) is 2.07. The van der Waals surface area contributed by atoms with Crippen LogP contribution in [-0.4, -0.2) is 30.9 Å². The number of rotatable bonds is 2. The second-order valence-corrected chi connectivity index (χ2v) is 5.03. The fourth-order valence-corrected chi connectivity index (χ4v) is 2.28. The summed E-state index contributed by atoms with van der Waals surface area (Å²) in [4.78, 5) is 14.2. The molecule has 0 bridgehead atoms. The van der Waals surface area contributed by atoms with E-state index >= 15 is 0 Å². The van der Waals surface area contributed by atoms with E-state index in [0.717, 1.165) is 31.6 Å². The van der Waals surface area contributed by atoms with E-state index < -0.39 is 0 Å². The van der Waals surface area contributed by atoms with Gasteiger partial charge in [-0.3, -0.25) is 4.79 Å². The molecule has 1 amide bonds. The van der Waals surface area contributed by atoms with Crippen LogP contribution in [0.4, 0.5) is 5.69 Å². The maximum atomic E-state index is 12.0. The molecule has 0 aliphatic carbocycles. The molecule has 2 rings (SSSR count). The number of carbonyl (C=O) groups excluding carboxylic acids is 1. The van der Waals surface area contributed by atoms with Crippen molar-refractivity contribution < 1.29 is 4.79 Å². The minimum absolute atomic E-state index is 0.101. The number of halogens is 1. The minimum Gasteiger partial charge on any atom is -0.326 e. The van der Waals surface area contributed by atoms with E-state index in [1.54, 1.807) is 12.1 Å². The highest BCUT2D eigenvalue weighted by Gasteiger charge is 2.23. The summed E-state index contributed by atoms with van der Waals surface area (Å²) in [5.74, 6) is 0.211. The van der Waals surface area contributed by atoms with E-state index in [2.05, 4.69) is 17.3 Å². The van der Waals surface area contributed by atoms with Gasteiger partial charge in [-0.25, -0.2) is 0 Å². The normalized spacial score (nSPS) is 21.2. The number of piperidine rings is 1. The largest absolute Gasteiger partial charge is 0.326 e. The van der Waals surface area contributed by atoms with Gasteiger partial charge in [0.05, 0.1) is 5.92 Å². The Morgan fingerprint density at radius 2 is 2.12 bits per heavy atom. The van der Waals surface area contributed by atoms with Crippen molar-refractivity contribution in [3.8, 4) is 0 Å². The number of hydrogen-bond acceptors (Lipinski definition) is 2. The van der Waals surface area contributed by atoms with Crippen LogP contribution in [0.3, 0.4) is 0 Å². The molecular weight excluding hydrogens is 236 g/mol. The highest BCUT2D eigenvalue weighted by Crippen LogP contribution is 2.18. The van der Waals surface area contributed by atoms with E-state index in [-0.39, 0.29) is 11.8 Å². The Bertz CT molecular complexity index is 391. The Balaban J connectivity index is 1.94. The summed E-state index contributed by atoms with van der Waals surface area (Å²) < 4.78 is 0. The van der Waals surface area contributed by atoms with Gasteiger partial charge in [-0.05, 0) is 50.7 Å². The highest BCUT2D eigenvalue weighted by atomic mass is 35.5. The standard InChI is InChI=1S/C13H17ClN2O/c1-16-8-2-3-10(9-16)13(17)15-12-6-4-11(14)5-7-12/h4-7,10H,2-3,8-9H2,1H3,(H,15,17)/t10-/m0/s1. The van der Waals surface area contributed by atoms with Crippen molar-refractivity contribution in [2.75, 3.05) is 25.5 Å². The molecule has 1 heterocycles. The first kappa shape index (κ1) is 12.4. The second kappa shape index (κ2) is 5.52. The number of likely N-dealkylation sites (tertiary alicyclic amines) is 1. The number of carbonyl (C=O) groups is 1. The summed E-state index contributed by atoms with van der Waals surface area (Å²) >= 11 is 5.80. The van der Waals surface area contributed by atoms with Crippen LogP contribution in [0.2, 0.25) is 5.02 Å². The number of amides is 1. The van der Waals surface area contributed by atoms with Gasteiger partial charge in [0.15, 0.2) is 0 Å². The maximum Gasteiger partial charge on any atom is 0.228 e. The number of anilines is 1. The fraction of sp³-hybridized carbons (Fsp3) is 0.462. The van der Waals surface area contributed by atoms with Gasteiger partial charge in [-0.1, -0.05) is 11.6 Å². The Morgan fingerprint density at radius 3 is 2.76 bits per heavy atom. The lowest BCUT2D eigenvalue weighted by molar-refractivity contribution is -0.121. The van der Waals surface area contributed by atoms with Crippen LogP contribution < -0.4 is 5.32 Å². The van der Waals surface area contributed by atoms with Crippen LogP contribution >= 0.6 is 11.6 Å². The summed E-state index contributed by atoms with van der Waals surface area (Å²) in [5.41, 5.74) is 0.813. The molecule has 1 aromatic rings. The van der Waals surface area contributed by atoms with Gasteiger partial charge in [0, 0.05) is 17.3 Å². The lowest BCUT2D eigenvalue weighted by atomic mass is 9.97. The molecule has 1 aliphatic heterocycles. The van der Waals surface area contributed by atoms with E-state index in [0.29, 0.717) is 5.02 Å². The maximum absolute atomic E-state index is 12.0. The average molecular weight is 253 g/mol. The van der Waals surface area contributed by atoms with Crippen molar-refractivity contribution in [3.63, 3.8) is 0 Å². The SMILES string of the molecule is CN1CCC[C@H](C(=O)Nc2ccc(Cl)cc2)C1. The van der Waals surface area contributed by atoms with E-state index in [1.807, 2.05) is 12.1 Å². The first-order valence-electron chi connectivity index (χ1n) is 5.90. The van der Waals surface area contributed by atoms with Crippen molar-refractivity contribution in [1.82, 2.24) is 4.90 Å². The molecule has 1 N–H and O–H groups in total. The topological polar surface area (TPSA) is 32.3 Å². The Hall–Kier alpha value is -1.06. The first-order chi connectivity index (χ1) is 8.15. The van der Waals surface area contributed by atoms with Gasteiger partial charge in [-0.15, -0.1) is 0 Å². The predicted octanol–water partition coefficient (Wildman–Crippen LogP) is 2.62. The van der Waals surface area contributed by atoms with E-state index in [4.69, 9.17) is 11.6 Å². The van der Waals surface area contributed by atoms with Crippen molar-refractivity contribution in [2.45, 2.75) is 12.8 Å². The third kappa shape index (κ3) is 3.45. The molecule has 1 aromatic carbocycles. The molecule has 4 heteroatoms. The minimum atomic E-state index is 0.101. The Labute approximate surface area is 107 Å². The number of nitrogens with one attached hydrogen (secondary N) is 1. The molecule has 1 atom stereocenters. The van der Waals surface area contributed by atoms with Crippen molar-refractivity contribution >= 4 is 23.2 Å². The molecule has 1 aliphatic rings. The van der Waals surface area contributed by atoms with Crippen LogP contribution in [0.25, 0.3) is 0 Å². The lowest BCUT2D eigenvalue weighted by Crippen LogP contribution is -2.38. The molecule has 92 valence electrons. The average Bonchev–Trinajstić information content (AvgIpc) is 2.32. The van der Waals surface area contributed by atoms with Gasteiger partial charge in [0.25, 0.3) is 0 Å². The van der Waals surface area contributed by atoms with E-state index in [1.165, 1.54) is 0 Å². The number of nitrogens with zero attached hydrogens (tertiary/aromatic N) is 1. The summed E-state index contributed by atoms with van der Waals surface area (Å²) in [6.45, 7) is 1.93. The summed E-state index contributed by atoms with van der Waals surface area (Å²) in [5, 5.41) is 3.62. The van der Waals surface area contributed by atoms with Crippen LogP contribution in [0.15, 0.2) is 24.3 Å². The van der Waals surface area contributed by atoms with Crippen LogP contribution in [0.5, 0.6) is 0 Å². The van der Waals surface area contributed by atoms with Crippen LogP contribution in [-0.2, 0) is 4.79 Å². The number of benzene rings is 1. The molecule has 1 fully saturated rings. The van der Waals surface area contributed by atoms with Gasteiger partial charge in [0.2, 0.25) is 5.91 Å². The highest BCUT2D eigenvalue weighted by molar-refractivity contribution is 6.30. The fourth-order valence-electron chi connectivity index (χ4n) is 2.16. The zero-order chi connectivity index (χ0) is 12.3. The van der Waals surface area contributed by atoms with Gasteiger partial charge >= 0.3 is 0 Å². The molecule has 0 radical (unpaired) electrons. The van der Waals surface area contributed by atoms with Crippen LogP contribution in [0, 0.1) is 5.92 Å². The van der Waals surface area contributed by atoms with Crippen LogP contribution in [0.1, 0.15) is 12.8 Å². The van der Waals surface area contributed by atoms with E-state index in [9.17, 15) is 4.79 Å². The summed E-state index contributed by atoms with van der Waals surface area (Å²) in [6, 6.07) is 7.22. The Morgan fingerprint density at radius 1 is 1.41 bits per heavy atom. The third-order valence-electron chi connectivity index (χ3n) is 3.11. The first-order valence-corrected chi connectivity index (χ1v) is 6.28.